The number of aliphatic carboxylic acids is 1. The zero-order valence-corrected chi connectivity index (χ0v) is 17.7. The number of benzene rings is 1. The highest BCUT2D eigenvalue weighted by Gasteiger charge is 2.34. The van der Waals surface area contributed by atoms with Gasteiger partial charge in [0.1, 0.15) is 5.82 Å². The van der Waals surface area contributed by atoms with Crippen LogP contribution in [0.2, 0.25) is 0 Å². The normalized spacial score (nSPS) is 16.6. The van der Waals surface area contributed by atoms with E-state index in [9.17, 15) is 22.7 Å². The molecule has 1 saturated heterocycles. The van der Waals surface area contributed by atoms with Crippen molar-refractivity contribution in [3.8, 4) is 11.1 Å². The van der Waals surface area contributed by atoms with Gasteiger partial charge in [-0.1, -0.05) is 26.0 Å². The van der Waals surface area contributed by atoms with Crippen LogP contribution in [-0.2, 0) is 14.8 Å². The molecular weight excluding hydrogens is 411 g/mol. The molecule has 30 heavy (non-hydrogen) atoms. The molecule has 1 aromatic heterocycles. The molecule has 10 heteroatoms. The molecule has 1 aliphatic heterocycles. The SMILES string of the molecule is CC(C)C(CS(=O)(=O)N1CCN(c2ncc(-c3ccc(F)cc3)cn2)CC1)C(=O)O. The van der Waals surface area contributed by atoms with Gasteiger partial charge in [0.2, 0.25) is 16.0 Å². The van der Waals surface area contributed by atoms with Crippen LogP contribution in [0.15, 0.2) is 36.7 Å². The van der Waals surface area contributed by atoms with Crippen LogP contribution >= 0.6 is 0 Å². The van der Waals surface area contributed by atoms with Crippen LogP contribution in [0, 0.1) is 17.7 Å². The van der Waals surface area contributed by atoms with Crippen molar-refractivity contribution in [1.82, 2.24) is 14.3 Å². The molecule has 0 radical (unpaired) electrons. The maximum Gasteiger partial charge on any atom is 0.307 e. The van der Waals surface area contributed by atoms with Crippen molar-refractivity contribution in [3.63, 3.8) is 0 Å². The Morgan fingerprint density at radius 3 is 2.13 bits per heavy atom. The summed E-state index contributed by atoms with van der Waals surface area (Å²) < 4.78 is 39.7. The van der Waals surface area contributed by atoms with E-state index in [4.69, 9.17) is 0 Å². The summed E-state index contributed by atoms with van der Waals surface area (Å²) in [6, 6.07) is 6.05. The first-order chi connectivity index (χ1) is 14.2. The third-order valence-corrected chi connectivity index (χ3v) is 7.18. The second kappa shape index (κ2) is 9.05. The zero-order chi connectivity index (χ0) is 21.9. The van der Waals surface area contributed by atoms with Crippen LogP contribution in [-0.4, -0.2) is 65.7 Å². The van der Waals surface area contributed by atoms with Gasteiger partial charge in [0.15, 0.2) is 0 Å². The van der Waals surface area contributed by atoms with E-state index in [0.29, 0.717) is 19.0 Å². The second-order valence-electron chi connectivity index (χ2n) is 7.63. The molecule has 2 aromatic rings. The topological polar surface area (TPSA) is 104 Å². The number of carboxylic acid groups (broad SMARTS) is 1. The number of anilines is 1. The lowest BCUT2D eigenvalue weighted by Crippen LogP contribution is -2.50. The van der Waals surface area contributed by atoms with E-state index in [1.165, 1.54) is 16.4 Å². The Bertz CT molecular complexity index is 973. The molecule has 0 aliphatic carbocycles. The first kappa shape index (κ1) is 22.1. The van der Waals surface area contributed by atoms with E-state index in [1.807, 2.05) is 4.90 Å². The number of hydrogen-bond acceptors (Lipinski definition) is 6. The molecule has 8 nitrogen and oxygen atoms in total. The van der Waals surface area contributed by atoms with E-state index in [-0.39, 0.29) is 24.8 Å². The van der Waals surface area contributed by atoms with Crippen LogP contribution in [0.1, 0.15) is 13.8 Å². The van der Waals surface area contributed by atoms with E-state index in [1.54, 1.807) is 38.4 Å². The van der Waals surface area contributed by atoms with Gasteiger partial charge in [0.25, 0.3) is 0 Å². The number of halogens is 1. The molecule has 1 unspecified atom stereocenters. The van der Waals surface area contributed by atoms with Crippen molar-refractivity contribution in [3.05, 3.63) is 42.5 Å². The van der Waals surface area contributed by atoms with E-state index in [2.05, 4.69) is 9.97 Å². The molecule has 0 spiro atoms. The van der Waals surface area contributed by atoms with Crippen LogP contribution in [0.25, 0.3) is 11.1 Å². The minimum atomic E-state index is -3.67. The summed E-state index contributed by atoms with van der Waals surface area (Å²) in [6.45, 7) is 4.73. The molecule has 0 bridgehead atoms. The van der Waals surface area contributed by atoms with Crippen molar-refractivity contribution in [2.45, 2.75) is 13.8 Å². The summed E-state index contributed by atoms with van der Waals surface area (Å²) in [5.74, 6) is -2.53. The van der Waals surface area contributed by atoms with Gasteiger partial charge >= 0.3 is 5.97 Å². The Morgan fingerprint density at radius 1 is 1.07 bits per heavy atom. The minimum Gasteiger partial charge on any atom is -0.481 e. The third kappa shape index (κ3) is 5.11. The molecular formula is C20H25FN4O4S. The number of rotatable bonds is 7. The van der Waals surface area contributed by atoms with Gasteiger partial charge in [-0.3, -0.25) is 4.79 Å². The number of carboxylic acids is 1. The highest BCUT2D eigenvalue weighted by atomic mass is 32.2. The number of nitrogens with zero attached hydrogens (tertiary/aromatic N) is 4. The average molecular weight is 437 g/mol. The fraction of sp³-hybridized carbons (Fsp3) is 0.450. The summed E-state index contributed by atoms with van der Waals surface area (Å²) in [4.78, 5) is 22.0. The molecule has 0 saturated carbocycles. The Hall–Kier alpha value is -2.59. The number of aromatic nitrogens is 2. The van der Waals surface area contributed by atoms with Gasteiger partial charge in [0.05, 0.1) is 11.7 Å². The largest absolute Gasteiger partial charge is 0.481 e. The summed E-state index contributed by atoms with van der Waals surface area (Å²) in [5.41, 5.74) is 1.56. The first-order valence-electron chi connectivity index (χ1n) is 9.71. The Morgan fingerprint density at radius 2 is 1.63 bits per heavy atom. The van der Waals surface area contributed by atoms with Gasteiger partial charge in [-0.2, -0.15) is 4.31 Å². The standard InChI is InChI=1S/C20H25FN4O4S/c1-14(2)18(19(26)27)13-30(28,29)25-9-7-24(8-10-25)20-22-11-16(12-23-20)15-3-5-17(21)6-4-15/h3-6,11-12,14,18H,7-10,13H2,1-2H3,(H,26,27). The molecule has 1 N–H and O–H groups in total. The Kier molecular flexibility index (Phi) is 6.67. The van der Waals surface area contributed by atoms with Crippen LogP contribution in [0.3, 0.4) is 0 Å². The van der Waals surface area contributed by atoms with Gasteiger partial charge in [-0.15, -0.1) is 0 Å². The van der Waals surface area contributed by atoms with Gasteiger partial charge in [-0.25, -0.2) is 22.8 Å². The van der Waals surface area contributed by atoms with Crippen LogP contribution in [0.5, 0.6) is 0 Å². The summed E-state index contributed by atoms with van der Waals surface area (Å²) >= 11 is 0. The van der Waals surface area contributed by atoms with Gasteiger partial charge in [-0.05, 0) is 23.6 Å². The predicted octanol–water partition coefficient (Wildman–Crippen LogP) is 2.09. The summed E-state index contributed by atoms with van der Waals surface area (Å²) in [5, 5.41) is 9.29. The molecule has 162 valence electrons. The third-order valence-electron chi connectivity index (χ3n) is 5.24. The zero-order valence-electron chi connectivity index (χ0n) is 16.9. The fourth-order valence-corrected chi connectivity index (χ4v) is 5.24. The van der Waals surface area contributed by atoms with Crippen LogP contribution in [0.4, 0.5) is 10.3 Å². The number of carbonyl (C=O) groups is 1. The highest BCUT2D eigenvalue weighted by Crippen LogP contribution is 2.21. The number of sulfonamides is 1. The van der Waals surface area contributed by atoms with E-state index < -0.39 is 27.7 Å². The molecule has 0 amide bonds. The molecule has 3 rings (SSSR count). The van der Waals surface area contributed by atoms with Crippen molar-refractivity contribution in [1.29, 1.82) is 0 Å². The maximum absolute atomic E-state index is 13.1. The lowest BCUT2D eigenvalue weighted by atomic mass is 9.98. The molecule has 1 aliphatic rings. The van der Waals surface area contributed by atoms with Crippen molar-refractivity contribution >= 4 is 21.9 Å². The van der Waals surface area contributed by atoms with Crippen molar-refractivity contribution in [2.24, 2.45) is 11.8 Å². The molecule has 1 atom stereocenters. The maximum atomic E-state index is 13.1. The van der Waals surface area contributed by atoms with Crippen LogP contribution < -0.4 is 4.90 Å². The van der Waals surface area contributed by atoms with Gasteiger partial charge in [0, 0.05) is 44.1 Å². The van der Waals surface area contributed by atoms with E-state index in [0.717, 1.165) is 11.1 Å². The summed E-state index contributed by atoms with van der Waals surface area (Å²) in [7, 11) is -3.67. The monoisotopic (exact) mass is 436 g/mol. The summed E-state index contributed by atoms with van der Waals surface area (Å²) in [6.07, 6.45) is 3.30. The quantitative estimate of drug-likeness (QED) is 0.709. The fourth-order valence-electron chi connectivity index (χ4n) is 3.32. The van der Waals surface area contributed by atoms with Crippen molar-refractivity contribution < 1.29 is 22.7 Å². The van der Waals surface area contributed by atoms with Gasteiger partial charge < -0.3 is 10.0 Å². The Labute approximate surface area is 175 Å². The predicted molar refractivity (Wildman–Crippen MR) is 111 cm³/mol. The average Bonchev–Trinajstić information content (AvgIpc) is 2.72. The molecule has 1 fully saturated rings. The number of piperazine rings is 1. The molecule has 1 aromatic carbocycles. The smallest absolute Gasteiger partial charge is 0.307 e. The van der Waals surface area contributed by atoms with E-state index >= 15 is 0 Å². The van der Waals surface area contributed by atoms with Crippen molar-refractivity contribution in [2.75, 3.05) is 36.8 Å². The lowest BCUT2D eigenvalue weighted by Gasteiger charge is -2.34. The number of hydrogen-bond donors (Lipinski definition) is 1. The lowest BCUT2D eigenvalue weighted by molar-refractivity contribution is -0.142. The minimum absolute atomic E-state index is 0.246. The first-order valence-corrected chi connectivity index (χ1v) is 11.3. The highest BCUT2D eigenvalue weighted by molar-refractivity contribution is 7.89. The Balaban J connectivity index is 1.62. The second-order valence-corrected chi connectivity index (χ2v) is 9.65. The molecule has 2 heterocycles.